The van der Waals surface area contributed by atoms with E-state index in [9.17, 15) is 0 Å². The summed E-state index contributed by atoms with van der Waals surface area (Å²) in [5, 5.41) is 3.30. The van der Waals surface area contributed by atoms with Crippen LogP contribution in [0.1, 0.15) is 20.8 Å². The molecule has 0 aromatic heterocycles. The number of nitrogens with one attached hydrogen (secondary N) is 1. The summed E-state index contributed by atoms with van der Waals surface area (Å²) in [7, 11) is 0. The predicted octanol–water partition coefficient (Wildman–Crippen LogP) is 1.04. The van der Waals surface area contributed by atoms with Gasteiger partial charge in [-0.05, 0) is 20.4 Å². The van der Waals surface area contributed by atoms with Crippen LogP contribution in [0.25, 0.3) is 0 Å². The van der Waals surface area contributed by atoms with E-state index >= 15 is 0 Å². The van der Waals surface area contributed by atoms with Gasteiger partial charge in [0.2, 0.25) is 0 Å². The van der Waals surface area contributed by atoms with Gasteiger partial charge in [0.15, 0.2) is 0 Å². The van der Waals surface area contributed by atoms with E-state index in [-0.39, 0.29) is 0 Å². The Morgan fingerprint density at radius 2 is 1.50 bits per heavy atom. The van der Waals surface area contributed by atoms with Gasteiger partial charge in [0.1, 0.15) is 0 Å². The number of ether oxygens (including phenoxy) is 2. The monoisotopic (exact) mass is 175 g/mol. The van der Waals surface area contributed by atoms with E-state index in [0.717, 1.165) is 33.0 Å². The molecule has 0 saturated heterocycles. The van der Waals surface area contributed by atoms with Crippen molar-refractivity contribution in [2.45, 2.75) is 26.8 Å². The van der Waals surface area contributed by atoms with Crippen molar-refractivity contribution in [3.8, 4) is 0 Å². The summed E-state index contributed by atoms with van der Waals surface area (Å²) in [5.41, 5.74) is 0. The summed E-state index contributed by atoms with van der Waals surface area (Å²) in [6.07, 6.45) is 0. The second kappa shape index (κ2) is 8.97. The maximum Gasteiger partial charge on any atom is 0.0642 e. The van der Waals surface area contributed by atoms with Crippen molar-refractivity contribution in [1.82, 2.24) is 5.32 Å². The molecular weight excluding hydrogens is 154 g/mol. The average Bonchev–Trinajstić information content (AvgIpc) is 2.10. The van der Waals surface area contributed by atoms with Crippen LogP contribution in [0.15, 0.2) is 0 Å². The van der Waals surface area contributed by atoms with Gasteiger partial charge in [-0.2, -0.15) is 0 Å². The second-order valence-electron chi connectivity index (χ2n) is 2.57. The Morgan fingerprint density at radius 1 is 1.00 bits per heavy atom. The Kier molecular flexibility index (Phi) is 8.88. The fourth-order valence-electron chi connectivity index (χ4n) is 0.975. The van der Waals surface area contributed by atoms with Gasteiger partial charge >= 0.3 is 0 Å². The SMILES string of the molecule is CCNC(COCC)COCC. The Balaban J connectivity index is 3.40. The third-order valence-electron chi connectivity index (χ3n) is 1.54. The topological polar surface area (TPSA) is 30.5 Å². The van der Waals surface area contributed by atoms with E-state index in [0.29, 0.717) is 6.04 Å². The lowest BCUT2D eigenvalue weighted by molar-refractivity contribution is 0.0657. The minimum atomic E-state index is 0.342. The van der Waals surface area contributed by atoms with Crippen molar-refractivity contribution in [3.63, 3.8) is 0 Å². The molecule has 3 heteroatoms. The van der Waals surface area contributed by atoms with Crippen molar-refractivity contribution >= 4 is 0 Å². The van der Waals surface area contributed by atoms with Crippen molar-refractivity contribution in [1.29, 1.82) is 0 Å². The zero-order valence-electron chi connectivity index (χ0n) is 8.43. The molecule has 12 heavy (non-hydrogen) atoms. The molecule has 0 amide bonds. The van der Waals surface area contributed by atoms with Crippen LogP contribution in [-0.2, 0) is 9.47 Å². The molecule has 0 aliphatic carbocycles. The number of rotatable bonds is 8. The van der Waals surface area contributed by atoms with Gasteiger partial charge in [0.25, 0.3) is 0 Å². The summed E-state index contributed by atoms with van der Waals surface area (Å²) < 4.78 is 10.6. The molecule has 0 bridgehead atoms. The van der Waals surface area contributed by atoms with Crippen molar-refractivity contribution in [2.24, 2.45) is 0 Å². The van der Waals surface area contributed by atoms with Crippen LogP contribution in [0.5, 0.6) is 0 Å². The molecule has 0 radical (unpaired) electrons. The molecule has 0 aliphatic heterocycles. The molecule has 3 nitrogen and oxygen atoms in total. The lowest BCUT2D eigenvalue weighted by atomic mass is 10.3. The highest BCUT2D eigenvalue weighted by Crippen LogP contribution is 1.88. The van der Waals surface area contributed by atoms with Crippen molar-refractivity contribution in [2.75, 3.05) is 33.0 Å². The Hall–Kier alpha value is -0.120. The van der Waals surface area contributed by atoms with Crippen LogP contribution in [0.3, 0.4) is 0 Å². The van der Waals surface area contributed by atoms with Gasteiger partial charge in [0, 0.05) is 13.2 Å². The third kappa shape index (κ3) is 6.58. The Labute approximate surface area is 75.4 Å². The van der Waals surface area contributed by atoms with Gasteiger partial charge in [-0.15, -0.1) is 0 Å². The summed E-state index contributed by atoms with van der Waals surface area (Å²) in [6, 6.07) is 0.342. The minimum Gasteiger partial charge on any atom is -0.380 e. The quantitative estimate of drug-likeness (QED) is 0.598. The summed E-state index contributed by atoms with van der Waals surface area (Å²) >= 11 is 0. The zero-order valence-corrected chi connectivity index (χ0v) is 8.43. The Bertz CT molecular complexity index is 80.6. The fraction of sp³-hybridized carbons (Fsp3) is 1.00. The molecule has 74 valence electrons. The predicted molar refractivity (Wildman–Crippen MR) is 50.5 cm³/mol. The van der Waals surface area contributed by atoms with Crippen LogP contribution in [-0.4, -0.2) is 39.0 Å². The molecule has 0 fully saturated rings. The molecular formula is C9H21NO2. The Morgan fingerprint density at radius 3 is 1.83 bits per heavy atom. The molecule has 0 aliphatic rings. The number of hydrogen-bond donors (Lipinski definition) is 1. The number of likely N-dealkylation sites (N-methyl/N-ethyl adjacent to an activating group) is 1. The molecule has 0 unspecified atom stereocenters. The van der Waals surface area contributed by atoms with E-state index in [1.165, 1.54) is 0 Å². The van der Waals surface area contributed by atoms with E-state index < -0.39 is 0 Å². The smallest absolute Gasteiger partial charge is 0.0642 e. The van der Waals surface area contributed by atoms with Crippen LogP contribution >= 0.6 is 0 Å². The van der Waals surface area contributed by atoms with E-state index in [1.807, 2.05) is 13.8 Å². The van der Waals surface area contributed by atoms with Crippen LogP contribution in [0.4, 0.5) is 0 Å². The van der Waals surface area contributed by atoms with E-state index in [4.69, 9.17) is 9.47 Å². The van der Waals surface area contributed by atoms with Crippen LogP contribution in [0.2, 0.25) is 0 Å². The number of hydrogen-bond acceptors (Lipinski definition) is 3. The van der Waals surface area contributed by atoms with Crippen molar-refractivity contribution < 1.29 is 9.47 Å². The van der Waals surface area contributed by atoms with E-state index in [2.05, 4.69) is 12.2 Å². The third-order valence-corrected chi connectivity index (χ3v) is 1.54. The fourth-order valence-corrected chi connectivity index (χ4v) is 0.975. The molecule has 0 spiro atoms. The standard InChI is InChI=1S/C9H21NO2/c1-4-10-9(7-11-5-2)8-12-6-3/h9-10H,4-8H2,1-3H3. The first-order chi connectivity index (χ1) is 5.85. The van der Waals surface area contributed by atoms with Crippen molar-refractivity contribution in [3.05, 3.63) is 0 Å². The molecule has 0 aromatic rings. The van der Waals surface area contributed by atoms with Crippen LogP contribution < -0.4 is 5.32 Å². The average molecular weight is 175 g/mol. The minimum absolute atomic E-state index is 0.342. The molecule has 0 aromatic carbocycles. The van der Waals surface area contributed by atoms with Gasteiger partial charge in [-0.25, -0.2) is 0 Å². The van der Waals surface area contributed by atoms with Gasteiger partial charge in [-0.1, -0.05) is 6.92 Å². The molecule has 1 N–H and O–H groups in total. The highest BCUT2D eigenvalue weighted by Gasteiger charge is 2.05. The first-order valence-electron chi connectivity index (χ1n) is 4.73. The summed E-state index contributed by atoms with van der Waals surface area (Å²) in [5.74, 6) is 0. The zero-order chi connectivity index (χ0) is 9.23. The molecule has 0 atom stereocenters. The molecule has 0 rings (SSSR count). The van der Waals surface area contributed by atoms with E-state index in [1.54, 1.807) is 0 Å². The van der Waals surface area contributed by atoms with Gasteiger partial charge in [0.05, 0.1) is 19.3 Å². The second-order valence-corrected chi connectivity index (χ2v) is 2.57. The summed E-state index contributed by atoms with van der Waals surface area (Å²) in [4.78, 5) is 0. The lowest BCUT2D eigenvalue weighted by Crippen LogP contribution is -2.37. The highest BCUT2D eigenvalue weighted by atomic mass is 16.5. The first-order valence-corrected chi connectivity index (χ1v) is 4.73. The molecule has 0 saturated carbocycles. The first kappa shape index (κ1) is 11.9. The normalized spacial score (nSPS) is 11.0. The van der Waals surface area contributed by atoms with Crippen LogP contribution in [0, 0.1) is 0 Å². The highest BCUT2D eigenvalue weighted by molar-refractivity contribution is 4.63. The largest absolute Gasteiger partial charge is 0.380 e. The maximum absolute atomic E-state index is 5.30. The summed E-state index contributed by atoms with van der Waals surface area (Å²) in [6.45, 7) is 10.1. The van der Waals surface area contributed by atoms with Gasteiger partial charge < -0.3 is 14.8 Å². The molecule has 0 heterocycles. The maximum atomic E-state index is 5.30. The van der Waals surface area contributed by atoms with Gasteiger partial charge in [-0.3, -0.25) is 0 Å². The lowest BCUT2D eigenvalue weighted by Gasteiger charge is -2.16.